The van der Waals surface area contributed by atoms with Gasteiger partial charge in [-0.05, 0) is 44.0 Å². The number of phenols is 1. The lowest BCUT2D eigenvalue weighted by atomic mass is 10.0. The van der Waals surface area contributed by atoms with Crippen LogP contribution in [0.1, 0.15) is 36.0 Å². The topological polar surface area (TPSA) is 72.8 Å². The van der Waals surface area contributed by atoms with Gasteiger partial charge in [-0.2, -0.15) is 0 Å². The molecule has 1 saturated heterocycles. The number of carbonyl (C=O) groups excluding carboxylic acids is 1. The second-order valence-corrected chi connectivity index (χ2v) is 5.64. The molecule has 1 amide bonds. The number of amides is 1. The lowest BCUT2D eigenvalue weighted by Gasteiger charge is -2.34. The van der Waals surface area contributed by atoms with Crippen molar-refractivity contribution in [1.29, 1.82) is 0 Å². The number of aromatic hydroxyl groups is 1. The number of carbonyl (C=O) groups is 1. The van der Waals surface area contributed by atoms with Crippen LogP contribution in [0.3, 0.4) is 0 Å². The van der Waals surface area contributed by atoms with Crippen LogP contribution in [0.5, 0.6) is 5.75 Å². The maximum Gasteiger partial charge on any atom is 0.251 e. The number of hydrogen-bond acceptors (Lipinski definition) is 4. The van der Waals surface area contributed by atoms with Gasteiger partial charge in [0.1, 0.15) is 0 Å². The summed E-state index contributed by atoms with van der Waals surface area (Å²) >= 11 is 0. The second kappa shape index (κ2) is 8.10. The van der Waals surface area contributed by atoms with Crippen molar-refractivity contribution in [2.24, 2.45) is 0 Å². The molecule has 1 aliphatic rings. The van der Waals surface area contributed by atoms with Crippen LogP contribution in [0, 0.1) is 5.82 Å². The van der Waals surface area contributed by atoms with Crippen molar-refractivity contribution in [3.63, 3.8) is 0 Å². The first-order chi connectivity index (χ1) is 10.6. The van der Waals surface area contributed by atoms with Crippen molar-refractivity contribution in [3.8, 4) is 5.75 Å². The Kier molecular flexibility index (Phi) is 6.15. The van der Waals surface area contributed by atoms with Gasteiger partial charge in [-0.1, -0.05) is 6.42 Å². The van der Waals surface area contributed by atoms with Gasteiger partial charge in [0, 0.05) is 24.7 Å². The van der Waals surface area contributed by atoms with Crippen LogP contribution in [0.2, 0.25) is 0 Å². The number of nitrogens with one attached hydrogen (secondary N) is 1. The van der Waals surface area contributed by atoms with Crippen LogP contribution in [-0.2, 0) is 0 Å². The normalized spacial score (nSPS) is 19.1. The minimum absolute atomic E-state index is 0.180. The standard InChI is InChI=1S/C16H23FN2O3/c17-14-10-12(5-6-15(14)21)16(22)18-7-3-9-19-8-2-1-4-13(19)11-20/h5-6,10,13,20-21H,1-4,7-9,11H2,(H,18,22)/t13-/m1/s1. The van der Waals surface area contributed by atoms with Crippen LogP contribution < -0.4 is 5.32 Å². The van der Waals surface area contributed by atoms with E-state index in [1.807, 2.05) is 0 Å². The van der Waals surface area contributed by atoms with Crippen LogP contribution in [-0.4, -0.2) is 53.3 Å². The first kappa shape index (κ1) is 16.7. The number of nitrogens with zero attached hydrogens (tertiary/aromatic N) is 1. The smallest absolute Gasteiger partial charge is 0.251 e. The molecular weight excluding hydrogens is 287 g/mol. The van der Waals surface area contributed by atoms with Gasteiger partial charge in [0.15, 0.2) is 11.6 Å². The summed E-state index contributed by atoms with van der Waals surface area (Å²) in [5.41, 5.74) is 0.196. The summed E-state index contributed by atoms with van der Waals surface area (Å²) in [5, 5.41) is 21.2. The average molecular weight is 310 g/mol. The molecule has 122 valence electrons. The van der Waals surface area contributed by atoms with Crippen molar-refractivity contribution >= 4 is 5.91 Å². The highest BCUT2D eigenvalue weighted by molar-refractivity contribution is 5.94. The van der Waals surface area contributed by atoms with Gasteiger partial charge in [0.2, 0.25) is 0 Å². The Morgan fingerprint density at radius 1 is 1.41 bits per heavy atom. The fraction of sp³-hybridized carbons (Fsp3) is 0.562. The van der Waals surface area contributed by atoms with Crippen molar-refractivity contribution in [3.05, 3.63) is 29.6 Å². The third kappa shape index (κ3) is 4.42. The summed E-state index contributed by atoms with van der Waals surface area (Å²) in [6.45, 7) is 2.49. The molecule has 0 spiro atoms. The molecule has 1 aliphatic heterocycles. The molecule has 1 heterocycles. The molecule has 0 aromatic heterocycles. The Bertz CT molecular complexity index is 510. The number of hydrogen-bond donors (Lipinski definition) is 3. The molecule has 2 rings (SSSR count). The van der Waals surface area contributed by atoms with Gasteiger partial charge in [0.25, 0.3) is 5.91 Å². The number of aliphatic hydroxyl groups is 1. The highest BCUT2D eigenvalue weighted by Gasteiger charge is 2.20. The number of aliphatic hydroxyl groups excluding tert-OH is 1. The first-order valence-corrected chi connectivity index (χ1v) is 7.73. The Labute approximate surface area is 129 Å². The Balaban J connectivity index is 1.73. The van der Waals surface area contributed by atoms with E-state index < -0.39 is 11.6 Å². The summed E-state index contributed by atoms with van der Waals surface area (Å²) in [6, 6.07) is 3.82. The average Bonchev–Trinajstić information content (AvgIpc) is 2.54. The molecule has 0 radical (unpaired) electrons. The fourth-order valence-electron chi connectivity index (χ4n) is 2.80. The largest absolute Gasteiger partial charge is 0.505 e. The summed E-state index contributed by atoms with van der Waals surface area (Å²) in [4.78, 5) is 14.1. The van der Waals surface area contributed by atoms with E-state index in [-0.39, 0.29) is 24.1 Å². The molecule has 5 nitrogen and oxygen atoms in total. The Morgan fingerprint density at radius 2 is 2.23 bits per heavy atom. The molecular formula is C16H23FN2O3. The molecule has 0 aliphatic carbocycles. The molecule has 6 heteroatoms. The van der Waals surface area contributed by atoms with E-state index in [4.69, 9.17) is 5.11 Å². The first-order valence-electron chi connectivity index (χ1n) is 7.73. The second-order valence-electron chi connectivity index (χ2n) is 5.64. The number of phenolic OH excluding ortho intramolecular Hbond substituents is 1. The van der Waals surface area contributed by atoms with Gasteiger partial charge in [-0.15, -0.1) is 0 Å². The molecule has 0 bridgehead atoms. The summed E-state index contributed by atoms with van der Waals surface area (Å²) in [5.74, 6) is -1.61. The predicted molar refractivity (Wildman–Crippen MR) is 81.3 cm³/mol. The highest BCUT2D eigenvalue weighted by Crippen LogP contribution is 2.17. The van der Waals surface area contributed by atoms with Gasteiger partial charge in [-0.3, -0.25) is 9.69 Å². The van der Waals surface area contributed by atoms with E-state index in [0.29, 0.717) is 6.54 Å². The van der Waals surface area contributed by atoms with Gasteiger partial charge in [0.05, 0.1) is 6.61 Å². The maximum atomic E-state index is 13.2. The van der Waals surface area contributed by atoms with Gasteiger partial charge >= 0.3 is 0 Å². The van der Waals surface area contributed by atoms with Crippen LogP contribution in [0.4, 0.5) is 4.39 Å². The van der Waals surface area contributed by atoms with Crippen molar-refractivity contribution in [2.45, 2.75) is 31.7 Å². The van der Waals surface area contributed by atoms with Crippen LogP contribution in [0.15, 0.2) is 18.2 Å². The van der Waals surface area contributed by atoms with E-state index in [1.165, 1.54) is 12.1 Å². The number of halogens is 1. The van der Waals surface area contributed by atoms with Gasteiger partial charge in [-0.25, -0.2) is 4.39 Å². The molecule has 3 N–H and O–H groups in total. The lowest BCUT2D eigenvalue weighted by Crippen LogP contribution is -2.43. The third-order valence-corrected chi connectivity index (χ3v) is 4.08. The molecule has 1 atom stereocenters. The lowest BCUT2D eigenvalue weighted by molar-refractivity contribution is 0.0868. The van der Waals surface area contributed by atoms with Crippen LogP contribution in [0.25, 0.3) is 0 Å². The molecule has 22 heavy (non-hydrogen) atoms. The number of likely N-dealkylation sites (tertiary alicyclic amines) is 1. The number of benzene rings is 1. The zero-order chi connectivity index (χ0) is 15.9. The minimum Gasteiger partial charge on any atom is -0.505 e. The zero-order valence-electron chi connectivity index (χ0n) is 12.6. The van der Waals surface area contributed by atoms with E-state index in [1.54, 1.807) is 0 Å². The van der Waals surface area contributed by atoms with Crippen molar-refractivity contribution in [1.82, 2.24) is 10.2 Å². The molecule has 0 saturated carbocycles. The predicted octanol–water partition coefficient (Wildman–Crippen LogP) is 1.50. The van der Waals surface area contributed by atoms with Crippen molar-refractivity contribution < 1.29 is 19.4 Å². The highest BCUT2D eigenvalue weighted by atomic mass is 19.1. The SMILES string of the molecule is O=C(NCCCN1CCCC[C@@H]1CO)c1ccc(O)c(F)c1. The van der Waals surface area contributed by atoms with Crippen LogP contribution >= 0.6 is 0 Å². The molecule has 0 unspecified atom stereocenters. The monoisotopic (exact) mass is 310 g/mol. The Hall–Kier alpha value is -1.66. The maximum absolute atomic E-state index is 13.2. The van der Waals surface area contributed by atoms with E-state index in [0.717, 1.165) is 44.8 Å². The molecule has 1 aromatic carbocycles. The third-order valence-electron chi connectivity index (χ3n) is 4.08. The number of rotatable bonds is 6. The molecule has 1 fully saturated rings. The number of piperidine rings is 1. The van der Waals surface area contributed by atoms with E-state index in [2.05, 4.69) is 10.2 Å². The summed E-state index contributed by atoms with van der Waals surface area (Å²) in [6.07, 6.45) is 4.11. The Morgan fingerprint density at radius 3 is 2.95 bits per heavy atom. The fourth-order valence-corrected chi connectivity index (χ4v) is 2.80. The van der Waals surface area contributed by atoms with Gasteiger partial charge < -0.3 is 15.5 Å². The quantitative estimate of drug-likeness (QED) is 0.696. The molecule has 1 aromatic rings. The van der Waals surface area contributed by atoms with E-state index in [9.17, 15) is 14.3 Å². The summed E-state index contributed by atoms with van der Waals surface area (Å²) in [7, 11) is 0. The van der Waals surface area contributed by atoms with E-state index >= 15 is 0 Å². The summed E-state index contributed by atoms with van der Waals surface area (Å²) < 4.78 is 13.2. The zero-order valence-corrected chi connectivity index (χ0v) is 12.6. The van der Waals surface area contributed by atoms with Crippen molar-refractivity contribution in [2.75, 3.05) is 26.2 Å². The minimum atomic E-state index is -0.799.